The van der Waals surface area contributed by atoms with Crippen LogP contribution >= 0.6 is 11.3 Å². The predicted molar refractivity (Wildman–Crippen MR) is 139 cm³/mol. The number of nitrogens with zero attached hydrogens (tertiary/aromatic N) is 1. The summed E-state index contributed by atoms with van der Waals surface area (Å²) >= 11 is 1.60. The molecule has 198 valence electrons. The van der Waals surface area contributed by atoms with Gasteiger partial charge in [-0.05, 0) is 72.4 Å². The molecule has 2 heterocycles. The maximum absolute atomic E-state index is 13.3. The van der Waals surface area contributed by atoms with Gasteiger partial charge in [-0.3, -0.25) is 9.59 Å². The summed E-state index contributed by atoms with van der Waals surface area (Å²) in [5.74, 6) is -1.87. The Labute approximate surface area is 220 Å². The molecular weight excluding hydrogens is 495 g/mol. The first kappa shape index (κ1) is 27.2. The summed E-state index contributed by atoms with van der Waals surface area (Å²) in [4.78, 5) is 27.9. The number of methoxy groups -OCH3 is 1. The minimum Gasteiger partial charge on any atom is -0.380 e. The fourth-order valence-electron chi connectivity index (χ4n) is 4.81. The first-order valence-electron chi connectivity index (χ1n) is 12.5. The molecule has 4 atom stereocenters. The molecule has 37 heavy (non-hydrogen) atoms. The fourth-order valence-corrected chi connectivity index (χ4v) is 5.70. The van der Waals surface area contributed by atoms with Crippen molar-refractivity contribution in [2.45, 2.75) is 56.5 Å². The molecule has 2 amide bonds. The van der Waals surface area contributed by atoms with Crippen molar-refractivity contribution in [1.29, 1.82) is 0 Å². The summed E-state index contributed by atoms with van der Waals surface area (Å²) in [5, 5.41) is 25.5. The molecule has 2 aliphatic rings. The van der Waals surface area contributed by atoms with Gasteiger partial charge in [-0.25, -0.2) is 4.39 Å². The lowest BCUT2D eigenvalue weighted by atomic mass is 9.99. The normalized spacial score (nSPS) is 21.0. The minimum atomic E-state index is -1.88. The number of carbonyl (C=O) groups is 2. The third-order valence-electron chi connectivity index (χ3n) is 6.80. The first-order chi connectivity index (χ1) is 17.9. The zero-order chi connectivity index (χ0) is 26.4. The number of likely N-dealkylation sites (tertiary alicyclic amines) is 1. The number of benzene rings is 1. The number of hydrogen-bond donors (Lipinski definition) is 3. The van der Waals surface area contributed by atoms with E-state index in [1.165, 1.54) is 28.2 Å². The predicted octanol–water partition coefficient (Wildman–Crippen LogP) is 3.08. The van der Waals surface area contributed by atoms with Crippen molar-refractivity contribution in [3.8, 4) is 0 Å². The van der Waals surface area contributed by atoms with Gasteiger partial charge >= 0.3 is 0 Å². The molecule has 0 radical (unpaired) electrons. The van der Waals surface area contributed by atoms with Crippen LogP contribution in [0.4, 0.5) is 4.39 Å². The van der Waals surface area contributed by atoms with E-state index < -0.39 is 24.0 Å². The monoisotopic (exact) mass is 528 g/mol. The number of halogens is 1. The highest BCUT2D eigenvalue weighted by atomic mass is 32.1. The third kappa shape index (κ3) is 6.93. The largest absolute Gasteiger partial charge is 0.380 e. The average Bonchev–Trinajstić information content (AvgIpc) is 3.58. The summed E-state index contributed by atoms with van der Waals surface area (Å²) in [6.45, 7) is 0.666. The number of aliphatic hydroxyl groups excluding tert-OH is 2. The van der Waals surface area contributed by atoms with Gasteiger partial charge in [0.25, 0.3) is 11.8 Å². The fraction of sp³-hybridized carbons (Fsp3) is 0.429. The number of hydrogen-bond acceptors (Lipinski definition) is 6. The van der Waals surface area contributed by atoms with Gasteiger partial charge in [-0.1, -0.05) is 30.4 Å². The number of rotatable bonds is 10. The van der Waals surface area contributed by atoms with Gasteiger partial charge in [0.15, 0.2) is 12.2 Å². The van der Waals surface area contributed by atoms with E-state index in [1.807, 2.05) is 0 Å². The standard InChI is InChI=1S/C28H33FN2O5S/c1-36-22-5-2-4-18(15-22)14-19-16-23(37-17-19)11-12-30-27(34)25(32)26(33)28(35)31-13-3-6-24(31)20-7-9-21(29)10-8-20/h2,4,7-10,15-17,22,24-26,32-33H,3,5-6,11-14H2,1H3,(H,30,34)/t22?,24?,25-,26-/m1/s1. The Balaban J connectivity index is 1.25. The summed E-state index contributed by atoms with van der Waals surface area (Å²) in [5.41, 5.74) is 3.14. The lowest BCUT2D eigenvalue weighted by Gasteiger charge is -2.28. The highest BCUT2D eigenvalue weighted by molar-refractivity contribution is 7.10. The number of ether oxygens (including phenoxy) is 1. The number of amides is 2. The van der Waals surface area contributed by atoms with E-state index in [-0.39, 0.29) is 24.5 Å². The Bertz CT molecular complexity index is 1150. The number of aliphatic hydroxyl groups is 2. The van der Waals surface area contributed by atoms with Gasteiger partial charge < -0.3 is 25.2 Å². The van der Waals surface area contributed by atoms with E-state index in [4.69, 9.17) is 4.74 Å². The maximum Gasteiger partial charge on any atom is 0.255 e. The van der Waals surface area contributed by atoms with Gasteiger partial charge in [0.2, 0.25) is 0 Å². The Morgan fingerprint density at radius 2 is 2.03 bits per heavy atom. The van der Waals surface area contributed by atoms with Crippen molar-refractivity contribution in [3.05, 3.63) is 81.3 Å². The number of carbonyl (C=O) groups excluding carboxylic acids is 2. The average molecular weight is 529 g/mol. The van der Waals surface area contributed by atoms with Crippen LogP contribution in [0.3, 0.4) is 0 Å². The molecule has 0 bridgehead atoms. The smallest absolute Gasteiger partial charge is 0.255 e. The van der Waals surface area contributed by atoms with E-state index >= 15 is 0 Å². The molecule has 0 saturated carbocycles. The lowest BCUT2D eigenvalue weighted by molar-refractivity contribution is -0.153. The van der Waals surface area contributed by atoms with E-state index in [0.29, 0.717) is 25.8 Å². The Morgan fingerprint density at radius 1 is 1.24 bits per heavy atom. The number of nitrogens with one attached hydrogen (secondary N) is 1. The number of allylic oxidation sites excluding steroid dienone is 2. The third-order valence-corrected chi connectivity index (χ3v) is 7.85. The van der Waals surface area contributed by atoms with Crippen LogP contribution in [0.1, 0.15) is 41.3 Å². The molecule has 0 spiro atoms. The summed E-state index contributed by atoms with van der Waals surface area (Å²) in [6.07, 6.45) is 6.37. The Morgan fingerprint density at radius 3 is 2.78 bits per heavy atom. The van der Waals surface area contributed by atoms with E-state index in [2.05, 4.69) is 35.0 Å². The topological polar surface area (TPSA) is 99.1 Å². The van der Waals surface area contributed by atoms with Crippen LogP contribution in [-0.2, 0) is 27.2 Å². The zero-order valence-electron chi connectivity index (χ0n) is 20.8. The van der Waals surface area contributed by atoms with Gasteiger partial charge in [0.1, 0.15) is 5.82 Å². The Kier molecular flexibility index (Phi) is 9.26. The van der Waals surface area contributed by atoms with Gasteiger partial charge in [-0.2, -0.15) is 0 Å². The molecule has 1 aliphatic carbocycles. The molecule has 9 heteroatoms. The van der Waals surface area contributed by atoms with Crippen LogP contribution in [-0.4, -0.2) is 65.4 Å². The molecule has 2 aromatic rings. The minimum absolute atomic E-state index is 0.112. The quantitative estimate of drug-likeness (QED) is 0.440. The van der Waals surface area contributed by atoms with E-state index in [0.717, 1.165) is 23.3 Å². The molecule has 1 saturated heterocycles. The Hall–Kier alpha value is -2.85. The zero-order valence-corrected chi connectivity index (χ0v) is 21.6. The second-order valence-corrected chi connectivity index (χ2v) is 10.4. The van der Waals surface area contributed by atoms with E-state index in [1.54, 1.807) is 30.6 Å². The van der Waals surface area contributed by atoms with Crippen LogP contribution in [0.15, 0.2) is 59.5 Å². The van der Waals surface area contributed by atoms with Crippen molar-refractivity contribution in [2.24, 2.45) is 0 Å². The maximum atomic E-state index is 13.3. The molecule has 1 fully saturated rings. The molecule has 4 rings (SSSR count). The molecule has 1 aromatic carbocycles. The van der Waals surface area contributed by atoms with Crippen molar-refractivity contribution in [3.63, 3.8) is 0 Å². The van der Waals surface area contributed by atoms with Crippen LogP contribution in [0, 0.1) is 5.82 Å². The lowest BCUT2D eigenvalue weighted by Crippen LogP contribution is -2.50. The molecule has 3 N–H and O–H groups in total. The van der Waals surface area contributed by atoms with Gasteiger partial charge in [0.05, 0.1) is 12.1 Å². The molecular formula is C28H33FN2O5S. The van der Waals surface area contributed by atoms with Crippen LogP contribution in [0.5, 0.6) is 0 Å². The summed E-state index contributed by atoms with van der Waals surface area (Å²) in [7, 11) is 1.71. The number of thiophene rings is 1. The van der Waals surface area contributed by atoms with Crippen molar-refractivity contribution in [1.82, 2.24) is 10.2 Å². The second-order valence-electron chi connectivity index (χ2n) is 9.42. The van der Waals surface area contributed by atoms with Crippen molar-refractivity contribution >= 4 is 23.2 Å². The van der Waals surface area contributed by atoms with Crippen molar-refractivity contribution < 1.29 is 28.9 Å². The second kappa shape index (κ2) is 12.6. The van der Waals surface area contributed by atoms with Crippen LogP contribution in [0.25, 0.3) is 0 Å². The molecule has 2 unspecified atom stereocenters. The summed E-state index contributed by atoms with van der Waals surface area (Å²) in [6, 6.07) is 7.64. The molecule has 1 aliphatic heterocycles. The SMILES string of the molecule is COC1C=C(Cc2csc(CCNC(=O)[C@H](O)[C@@H](O)C(=O)N3CCCC3c3ccc(F)cc3)c2)C=CC1. The first-order valence-corrected chi connectivity index (χ1v) is 13.4. The highest BCUT2D eigenvalue weighted by Gasteiger charge is 2.38. The van der Waals surface area contributed by atoms with E-state index in [9.17, 15) is 24.2 Å². The van der Waals surface area contributed by atoms with Gasteiger partial charge in [-0.15, -0.1) is 11.3 Å². The van der Waals surface area contributed by atoms with Crippen LogP contribution < -0.4 is 5.32 Å². The molecule has 1 aromatic heterocycles. The van der Waals surface area contributed by atoms with Gasteiger partial charge in [0, 0.05) is 25.1 Å². The van der Waals surface area contributed by atoms with Crippen molar-refractivity contribution in [2.75, 3.05) is 20.2 Å². The van der Waals surface area contributed by atoms with Crippen LogP contribution in [0.2, 0.25) is 0 Å². The highest BCUT2D eigenvalue weighted by Crippen LogP contribution is 2.32. The molecule has 7 nitrogen and oxygen atoms in total. The summed E-state index contributed by atoms with van der Waals surface area (Å²) < 4.78 is 18.7.